The van der Waals surface area contributed by atoms with Gasteiger partial charge in [0.1, 0.15) is 5.75 Å². The van der Waals surface area contributed by atoms with Gasteiger partial charge in [-0.3, -0.25) is 4.79 Å². The summed E-state index contributed by atoms with van der Waals surface area (Å²) >= 11 is 0. The zero-order valence-electron chi connectivity index (χ0n) is 15.1. The van der Waals surface area contributed by atoms with Crippen molar-refractivity contribution in [1.82, 2.24) is 10.2 Å². The molecule has 0 unspecified atom stereocenters. The van der Waals surface area contributed by atoms with Crippen molar-refractivity contribution in [2.75, 3.05) is 46.5 Å². The Bertz CT molecular complexity index is 513. The molecule has 1 fully saturated rings. The van der Waals surface area contributed by atoms with Crippen LogP contribution >= 0.6 is 0 Å². The molecule has 1 aromatic carbocycles. The Kier molecular flexibility index (Phi) is 7.53. The van der Waals surface area contributed by atoms with Gasteiger partial charge in [-0.2, -0.15) is 0 Å². The minimum absolute atomic E-state index is 0.0646. The number of hydrogen-bond donors (Lipinski definition) is 1. The number of benzene rings is 1. The van der Waals surface area contributed by atoms with Gasteiger partial charge in [-0.15, -0.1) is 0 Å². The number of amides is 1. The summed E-state index contributed by atoms with van der Waals surface area (Å²) in [6.45, 7) is 9.15. The lowest BCUT2D eigenvalue weighted by molar-refractivity contribution is -0.121. The predicted molar refractivity (Wildman–Crippen MR) is 95.5 cm³/mol. The molecule has 0 aliphatic carbocycles. The molecule has 1 atom stereocenters. The highest BCUT2D eigenvalue weighted by atomic mass is 16.5. The van der Waals surface area contributed by atoms with E-state index in [0.29, 0.717) is 18.9 Å². The average Bonchev–Trinajstić information content (AvgIpc) is 2.98. The van der Waals surface area contributed by atoms with Gasteiger partial charge in [-0.1, -0.05) is 6.07 Å². The molecule has 1 aliphatic rings. The van der Waals surface area contributed by atoms with Crippen LogP contribution in [0.5, 0.6) is 5.75 Å². The molecular weight excluding hydrogens is 304 g/mol. The Balaban J connectivity index is 1.60. The van der Waals surface area contributed by atoms with E-state index in [4.69, 9.17) is 9.47 Å². The SMILES string of the molecule is COCCN1CC[C@H](CNC(=O)CCOc2cc(C)cc(C)c2)C1. The fourth-order valence-electron chi connectivity index (χ4n) is 3.13. The third-order valence-electron chi connectivity index (χ3n) is 4.36. The molecule has 1 aromatic rings. The summed E-state index contributed by atoms with van der Waals surface area (Å²) in [6, 6.07) is 6.10. The molecule has 0 radical (unpaired) electrons. The van der Waals surface area contributed by atoms with Gasteiger partial charge in [0.15, 0.2) is 0 Å². The van der Waals surface area contributed by atoms with Gasteiger partial charge in [0.2, 0.25) is 5.91 Å². The number of ether oxygens (including phenoxy) is 2. The summed E-state index contributed by atoms with van der Waals surface area (Å²) in [5.74, 6) is 1.45. The van der Waals surface area contributed by atoms with Gasteiger partial charge in [0.05, 0.1) is 19.6 Å². The predicted octanol–water partition coefficient (Wildman–Crippen LogP) is 2.16. The zero-order valence-corrected chi connectivity index (χ0v) is 15.1. The molecule has 1 N–H and O–H groups in total. The summed E-state index contributed by atoms with van der Waals surface area (Å²) in [7, 11) is 1.73. The highest BCUT2D eigenvalue weighted by Gasteiger charge is 2.22. The van der Waals surface area contributed by atoms with Crippen LogP contribution in [0.2, 0.25) is 0 Å². The molecular formula is C19H30N2O3. The van der Waals surface area contributed by atoms with E-state index < -0.39 is 0 Å². The van der Waals surface area contributed by atoms with E-state index in [9.17, 15) is 4.79 Å². The van der Waals surface area contributed by atoms with Crippen LogP contribution in [0.25, 0.3) is 0 Å². The molecule has 1 aliphatic heterocycles. The number of nitrogens with zero attached hydrogens (tertiary/aromatic N) is 1. The van der Waals surface area contributed by atoms with Crippen molar-refractivity contribution in [1.29, 1.82) is 0 Å². The smallest absolute Gasteiger partial charge is 0.223 e. The molecule has 1 heterocycles. The number of methoxy groups -OCH3 is 1. The second-order valence-corrected chi connectivity index (χ2v) is 6.67. The number of likely N-dealkylation sites (tertiary alicyclic amines) is 1. The van der Waals surface area contributed by atoms with Crippen LogP contribution < -0.4 is 10.1 Å². The maximum Gasteiger partial charge on any atom is 0.223 e. The Hall–Kier alpha value is -1.59. The lowest BCUT2D eigenvalue weighted by Gasteiger charge is -2.15. The first-order valence-corrected chi connectivity index (χ1v) is 8.76. The largest absolute Gasteiger partial charge is 0.493 e. The lowest BCUT2D eigenvalue weighted by atomic mass is 10.1. The van der Waals surface area contributed by atoms with Crippen molar-refractivity contribution >= 4 is 5.91 Å². The van der Waals surface area contributed by atoms with Gasteiger partial charge >= 0.3 is 0 Å². The second kappa shape index (κ2) is 9.64. The quantitative estimate of drug-likeness (QED) is 0.752. The van der Waals surface area contributed by atoms with Gasteiger partial charge in [0, 0.05) is 26.7 Å². The highest BCUT2D eigenvalue weighted by Crippen LogP contribution is 2.16. The first-order chi connectivity index (χ1) is 11.6. The van der Waals surface area contributed by atoms with E-state index in [1.807, 2.05) is 26.0 Å². The number of carbonyl (C=O) groups is 1. The number of aryl methyl sites for hydroxylation is 2. The van der Waals surface area contributed by atoms with Gasteiger partial charge < -0.3 is 19.7 Å². The molecule has 5 nitrogen and oxygen atoms in total. The summed E-state index contributed by atoms with van der Waals surface area (Å²) in [5, 5.41) is 3.03. The maximum absolute atomic E-state index is 12.0. The summed E-state index contributed by atoms with van der Waals surface area (Å²) in [5.41, 5.74) is 2.35. The Morgan fingerprint density at radius 1 is 1.25 bits per heavy atom. The van der Waals surface area contributed by atoms with Crippen molar-refractivity contribution in [3.05, 3.63) is 29.3 Å². The molecule has 2 rings (SSSR count). The van der Waals surface area contributed by atoms with E-state index >= 15 is 0 Å². The third kappa shape index (κ3) is 6.49. The molecule has 1 saturated heterocycles. The van der Waals surface area contributed by atoms with E-state index in [1.165, 1.54) is 11.1 Å². The molecule has 5 heteroatoms. The first-order valence-electron chi connectivity index (χ1n) is 8.76. The number of carbonyl (C=O) groups excluding carboxylic acids is 1. The summed E-state index contributed by atoms with van der Waals surface area (Å²) in [4.78, 5) is 14.3. The minimum Gasteiger partial charge on any atom is -0.493 e. The van der Waals surface area contributed by atoms with Crippen molar-refractivity contribution in [3.8, 4) is 5.75 Å². The average molecular weight is 334 g/mol. The van der Waals surface area contributed by atoms with Crippen LogP contribution in [-0.4, -0.2) is 57.3 Å². The van der Waals surface area contributed by atoms with Gasteiger partial charge in [-0.05, 0) is 56.0 Å². The van der Waals surface area contributed by atoms with Gasteiger partial charge in [0.25, 0.3) is 0 Å². The fourth-order valence-corrected chi connectivity index (χ4v) is 3.13. The van der Waals surface area contributed by atoms with E-state index in [2.05, 4.69) is 16.3 Å². The molecule has 0 saturated carbocycles. The van der Waals surface area contributed by atoms with Crippen LogP contribution in [0.1, 0.15) is 24.0 Å². The third-order valence-corrected chi connectivity index (χ3v) is 4.36. The second-order valence-electron chi connectivity index (χ2n) is 6.67. The van der Waals surface area contributed by atoms with Crippen LogP contribution in [0.4, 0.5) is 0 Å². The topological polar surface area (TPSA) is 50.8 Å². The Labute approximate surface area is 145 Å². The minimum atomic E-state index is 0.0646. The van der Waals surface area contributed by atoms with Crippen molar-refractivity contribution in [2.45, 2.75) is 26.7 Å². The Morgan fingerprint density at radius 3 is 2.71 bits per heavy atom. The van der Waals surface area contributed by atoms with Crippen molar-refractivity contribution in [3.63, 3.8) is 0 Å². The molecule has 0 spiro atoms. The van der Waals surface area contributed by atoms with Crippen LogP contribution in [0, 0.1) is 19.8 Å². The fraction of sp³-hybridized carbons (Fsp3) is 0.632. The highest BCUT2D eigenvalue weighted by molar-refractivity contribution is 5.76. The van der Waals surface area contributed by atoms with E-state index in [0.717, 1.165) is 45.0 Å². The Morgan fingerprint density at radius 2 is 2.00 bits per heavy atom. The molecule has 134 valence electrons. The van der Waals surface area contributed by atoms with Crippen LogP contribution in [0.15, 0.2) is 18.2 Å². The number of rotatable bonds is 9. The van der Waals surface area contributed by atoms with Crippen molar-refractivity contribution < 1.29 is 14.3 Å². The van der Waals surface area contributed by atoms with Crippen molar-refractivity contribution in [2.24, 2.45) is 5.92 Å². The van der Waals surface area contributed by atoms with Gasteiger partial charge in [-0.25, -0.2) is 0 Å². The standard InChI is InChI=1S/C19H30N2O3/c1-15-10-16(2)12-18(11-15)24-8-5-19(22)20-13-17-4-6-21(14-17)7-9-23-3/h10-12,17H,4-9,13-14H2,1-3H3,(H,20,22)/t17-/m1/s1. The number of nitrogens with one attached hydrogen (secondary N) is 1. The van der Waals surface area contributed by atoms with Crippen LogP contribution in [-0.2, 0) is 9.53 Å². The maximum atomic E-state index is 12.0. The van der Waals surface area contributed by atoms with E-state index in [1.54, 1.807) is 7.11 Å². The first kappa shape index (κ1) is 18.7. The summed E-state index contributed by atoms with van der Waals surface area (Å²) in [6.07, 6.45) is 1.54. The number of hydrogen-bond acceptors (Lipinski definition) is 4. The summed E-state index contributed by atoms with van der Waals surface area (Å²) < 4.78 is 10.8. The zero-order chi connectivity index (χ0) is 17.4. The van der Waals surface area contributed by atoms with E-state index in [-0.39, 0.29) is 5.91 Å². The normalized spacial score (nSPS) is 17.9. The lowest BCUT2D eigenvalue weighted by Crippen LogP contribution is -2.32. The molecule has 24 heavy (non-hydrogen) atoms. The molecule has 0 bridgehead atoms. The molecule has 0 aromatic heterocycles. The van der Waals surface area contributed by atoms with Crippen LogP contribution in [0.3, 0.4) is 0 Å². The molecule has 1 amide bonds. The monoisotopic (exact) mass is 334 g/mol.